The number of aliphatic hydroxyl groups excluding tert-OH is 1. The molecule has 0 aromatic heterocycles. The van der Waals surface area contributed by atoms with Gasteiger partial charge in [0.05, 0.1) is 6.61 Å². The van der Waals surface area contributed by atoms with Crippen molar-refractivity contribution in [1.29, 1.82) is 0 Å². The Morgan fingerprint density at radius 2 is 2.00 bits per heavy atom. The molecular weight excluding hydrogens is 263 g/mol. The lowest BCUT2D eigenvalue weighted by molar-refractivity contribution is -0.192. The summed E-state index contributed by atoms with van der Waals surface area (Å²) in [4.78, 5) is 8.90. The number of halogens is 4. The van der Waals surface area contributed by atoms with Gasteiger partial charge in [0.2, 0.25) is 0 Å². The molecule has 8 heteroatoms. The van der Waals surface area contributed by atoms with E-state index in [0.717, 1.165) is 31.5 Å². The Labute approximate surface area is 101 Å². The summed E-state index contributed by atoms with van der Waals surface area (Å²) >= 11 is 5.73. The van der Waals surface area contributed by atoms with Crippen molar-refractivity contribution < 1.29 is 28.2 Å². The number of aliphatic carboxylic acids is 1. The predicted octanol–water partition coefficient (Wildman–Crippen LogP) is 1.49. The van der Waals surface area contributed by atoms with Crippen LogP contribution in [-0.4, -0.2) is 42.1 Å². The highest BCUT2D eigenvalue weighted by molar-refractivity contribution is 6.30. The van der Waals surface area contributed by atoms with Crippen molar-refractivity contribution in [2.45, 2.75) is 19.0 Å². The average Bonchev–Trinajstić information content (AvgIpc) is 2.28. The molecule has 0 aromatic carbocycles. The van der Waals surface area contributed by atoms with Gasteiger partial charge in [-0.2, -0.15) is 13.2 Å². The van der Waals surface area contributed by atoms with Gasteiger partial charge in [0, 0.05) is 11.6 Å². The van der Waals surface area contributed by atoms with E-state index in [1.807, 2.05) is 0 Å². The van der Waals surface area contributed by atoms with E-state index in [1.165, 1.54) is 0 Å². The molecule has 0 aromatic rings. The summed E-state index contributed by atoms with van der Waals surface area (Å²) in [7, 11) is 0. The average molecular weight is 276 g/mol. The Balaban J connectivity index is 0.000000325. The minimum Gasteiger partial charge on any atom is -0.475 e. The molecule has 0 spiro atoms. The monoisotopic (exact) mass is 275 g/mol. The summed E-state index contributed by atoms with van der Waals surface area (Å²) in [6.07, 6.45) is -2.92. The minimum absolute atomic E-state index is 0.0153. The summed E-state index contributed by atoms with van der Waals surface area (Å²) in [5.41, 5.74) is 1.16. The van der Waals surface area contributed by atoms with E-state index in [4.69, 9.17) is 26.6 Å². The third-order valence-corrected chi connectivity index (χ3v) is 2.32. The second-order valence-corrected chi connectivity index (χ2v) is 3.71. The van der Waals surface area contributed by atoms with Crippen LogP contribution >= 0.6 is 11.6 Å². The first kappa shape index (κ1) is 16.2. The maximum absolute atomic E-state index is 10.6. The fraction of sp³-hybridized carbons (Fsp3) is 0.667. The van der Waals surface area contributed by atoms with Crippen LogP contribution in [0.4, 0.5) is 13.2 Å². The predicted molar refractivity (Wildman–Crippen MR) is 55.8 cm³/mol. The van der Waals surface area contributed by atoms with E-state index < -0.39 is 12.1 Å². The van der Waals surface area contributed by atoms with Crippen molar-refractivity contribution in [3.8, 4) is 0 Å². The van der Waals surface area contributed by atoms with Gasteiger partial charge in [-0.25, -0.2) is 4.79 Å². The van der Waals surface area contributed by atoms with Crippen LogP contribution in [0.2, 0.25) is 0 Å². The van der Waals surface area contributed by atoms with Crippen LogP contribution < -0.4 is 5.32 Å². The van der Waals surface area contributed by atoms with Crippen LogP contribution in [0.25, 0.3) is 0 Å². The smallest absolute Gasteiger partial charge is 0.475 e. The van der Waals surface area contributed by atoms with Crippen LogP contribution in [0.3, 0.4) is 0 Å². The van der Waals surface area contributed by atoms with E-state index >= 15 is 0 Å². The standard InChI is InChI=1S/C7H12ClNO.C2HF3O2/c8-7(5-10)6-2-1-3-9-4-6;3-2(4,5)1(6)7/h9-10H,1-5H2;(H,6,7). The molecule has 1 aliphatic rings. The molecule has 0 aliphatic carbocycles. The summed E-state index contributed by atoms with van der Waals surface area (Å²) in [5.74, 6) is -2.76. The number of carboxylic acids is 1. The van der Waals surface area contributed by atoms with Gasteiger partial charge in [-0.05, 0) is 25.0 Å². The first-order valence-electron chi connectivity index (χ1n) is 4.77. The number of carbonyl (C=O) groups is 1. The minimum atomic E-state index is -5.08. The van der Waals surface area contributed by atoms with Crippen molar-refractivity contribution >= 4 is 17.6 Å². The Bertz CT molecular complexity index is 284. The van der Waals surface area contributed by atoms with Gasteiger partial charge in [0.15, 0.2) is 0 Å². The number of carboxylic acid groups (broad SMARTS) is 1. The van der Waals surface area contributed by atoms with Crippen molar-refractivity contribution in [3.63, 3.8) is 0 Å². The molecule has 0 unspecified atom stereocenters. The Morgan fingerprint density at radius 1 is 1.47 bits per heavy atom. The van der Waals surface area contributed by atoms with E-state index in [0.29, 0.717) is 5.03 Å². The number of alkyl halides is 3. The summed E-state index contributed by atoms with van der Waals surface area (Å²) in [6, 6.07) is 0. The number of piperidine rings is 1. The molecule has 4 nitrogen and oxygen atoms in total. The lowest BCUT2D eigenvalue weighted by Crippen LogP contribution is -2.24. The van der Waals surface area contributed by atoms with E-state index in [2.05, 4.69) is 5.32 Å². The van der Waals surface area contributed by atoms with Gasteiger partial charge in [-0.1, -0.05) is 11.6 Å². The van der Waals surface area contributed by atoms with Crippen molar-refractivity contribution in [1.82, 2.24) is 5.32 Å². The highest BCUT2D eigenvalue weighted by Crippen LogP contribution is 2.16. The molecule has 0 atom stereocenters. The first-order chi connectivity index (χ1) is 7.79. The number of nitrogens with one attached hydrogen (secondary N) is 1. The van der Waals surface area contributed by atoms with Crippen LogP contribution in [0.5, 0.6) is 0 Å². The summed E-state index contributed by atoms with van der Waals surface area (Å²) in [6.45, 7) is 1.90. The molecule has 100 valence electrons. The molecule has 1 rings (SSSR count). The van der Waals surface area contributed by atoms with Gasteiger partial charge in [-0.3, -0.25) is 0 Å². The lowest BCUT2D eigenvalue weighted by Gasteiger charge is -2.16. The third kappa shape index (κ3) is 7.19. The van der Waals surface area contributed by atoms with Crippen LogP contribution in [0.1, 0.15) is 12.8 Å². The number of hydrogen-bond acceptors (Lipinski definition) is 3. The van der Waals surface area contributed by atoms with E-state index in [1.54, 1.807) is 0 Å². The molecule has 1 saturated heterocycles. The van der Waals surface area contributed by atoms with E-state index in [9.17, 15) is 13.2 Å². The molecule has 1 fully saturated rings. The summed E-state index contributed by atoms with van der Waals surface area (Å²) in [5, 5.41) is 19.6. The molecule has 0 amide bonds. The van der Waals surface area contributed by atoms with Crippen LogP contribution in [0, 0.1) is 0 Å². The Hall–Kier alpha value is -0.790. The second kappa shape index (κ2) is 7.52. The fourth-order valence-electron chi connectivity index (χ4n) is 1.10. The zero-order chi connectivity index (χ0) is 13.5. The fourth-order valence-corrected chi connectivity index (χ4v) is 1.26. The number of aliphatic hydroxyl groups is 1. The van der Waals surface area contributed by atoms with Crippen molar-refractivity contribution in [3.05, 3.63) is 10.6 Å². The van der Waals surface area contributed by atoms with Gasteiger partial charge in [0.1, 0.15) is 0 Å². The number of rotatable bonds is 1. The second-order valence-electron chi connectivity index (χ2n) is 3.25. The molecule has 17 heavy (non-hydrogen) atoms. The molecular formula is C9H13ClF3NO3. The zero-order valence-corrected chi connectivity index (χ0v) is 9.61. The summed E-state index contributed by atoms with van der Waals surface area (Å²) < 4.78 is 31.7. The topological polar surface area (TPSA) is 69.6 Å². The maximum atomic E-state index is 10.6. The van der Waals surface area contributed by atoms with Gasteiger partial charge < -0.3 is 15.5 Å². The molecule has 1 heterocycles. The highest BCUT2D eigenvalue weighted by atomic mass is 35.5. The molecule has 0 radical (unpaired) electrons. The normalized spacial score (nSPS) is 19.1. The molecule has 3 N–H and O–H groups in total. The lowest BCUT2D eigenvalue weighted by atomic mass is 10.1. The van der Waals surface area contributed by atoms with Gasteiger partial charge >= 0.3 is 12.1 Å². The van der Waals surface area contributed by atoms with Crippen LogP contribution in [0.15, 0.2) is 10.6 Å². The van der Waals surface area contributed by atoms with Gasteiger partial charge in [-0.15, -0.1) is 0 Å². The van der Waals surface area contributed by atoms with E-state index in [-0.39, 0.29) is 6.61 Å². The molecule has 0 saturated carbocycles. The van der Waals surface area contributed by atoms with Crippen molar-refractivity contribution in [2.24, 2.45) is 0 Å². The zero-order valence-electron chi connectivity index (χ0n) is 8.85. The Morgan fingerprint density at radius 3 is 2.29 bits per heavy atom. The first-order valence-corrected chi connectivity index (χ1v) is 5.15. The van der Waals surface area contributed by atoms with Crippen LogP contribution in [-0.2, 0) is 4.79 Å². The quantitative estimate of drug-likeness (QED) is 0.678. The largest absolute Gasteiger partial charge is 0.490 e. The van der Waals surface area contributed by atoms with Crippen molar-refractivity contribution in [2.75, 3.05) is 19.7 Å². The molecule has 1 aliphatic heterocycles. The molecule has 0 bridgehead atoms. The highest BCUT2D eigenvalue weighted by Gasteiger charge is 2.38. The number of hydrogen-bond donors (Lipinski definition) is 3. The Kier molecular flexibility index (Phi) is 7.17. The SMILES string of the molecule is O=C(O)C(F)(F)F.OCC(Cl)=C1CCCNC1. The maximum Gasteiger partial charge on any atom is 0.490 e. The third-order valence-electron chi connectivity index (χ3n) is 1.94. The van der Waals surface area contributed by atoms with Gasteiger partial charge in [0.25, 0.3) is 0 Å².